The highest BCUT2D eigenvalue weighted by Crippen LogP contribution is 2.36. The molecule has 0 saturated heterocycles. The minimum Gasteiger partial charge on any atom is -0.396 e. The van der Waals surface area contributed by atoms with Crippen LogP contribution in [0.1, 0.15) is 17.5 Å². The highest BCUT2D eigenvalue weighted by Gasteiger charge is 2.27. The van der Waals surface area contributed by atoms with Crippen molar-refractivity contribution in [1.82, 2.24) is 4.31 Å². The number of benzene rings is 3. The van der Waals surface area contributed by atoms with E-state index < -0.39 is 16.1 Å². The second-order valence-corrected chi connectivity index (χ2v) is 10.2. The van der Waals surface area contributed by atoms with E-state index in [-0.39, 0.29) is 37.6 Å². The van der Waals surface area contributed by atoms with Gasteiger partial charge in [0, 0.05) is 35.8 Å². The molecule has 1 aliphatic rings. The molecule has 1 atom stereocenters. The van der Waals surface area contributed by atoms with Gasteiger partial charge >= 0.3 is 0 Å². The Morgan fingerprint density at radius 3 is 2.03 bits per heavy atom. The lowest BCUT2D eigenvalue weighted by molar-refractivity contribution is 0.0304. The minimum absolute atomic E-state index is 0.0494. The molecule has 0 fully saturated rings. The fourth-order valence-corrected chi connectivity index (χ4v) is 5.52. The number of hydrogen-bond donors (Lipinski definition) is 2. The molecule has 3 aromatic rings. The molecule has 0 aromatic heterocycles. The van der Waals surface area contributed by atoms with Crippen LogP contribution < -0.4 is 0 Å². The van der Waals surface area contributed by atoms with E-state index in [0.29, 0.717) is 10.7 Å². The Hall–Kier alpha value is -2.75. The SMILES string of the molecule is O=S(=O)(c1ccc(Cl)cc1)N(CCCO)CC(O)CON=C1c2ccccc2-c2ccccc21. The topological polar surface area (TPSA) is 99.4 Å². The third kappa shape index (κ3) is 5.16. The lowest BCUT2D eigenvalue weighted by Crippen LogP contribution is -2.40. The first-order valence-electron chi connectivity index (χ1n) is 10.9. The summed E-state index contributed by atoms with van der Waals surface area (Å²) in [5.41, 5.74) is 4.67. The van der Waals surface area contributed by atoms with Crippen molar-refractivity contribution >= 4 is 27.3 Å². The minimum atomic E-state index is -3.89. The summed E-state index contributed by atoms with van der Waals surface area (Å²) in [6.45, 7) is -0.526. The second kappa shape index (κ2) is 10.7. The van der Waals surface area contributed by atoms with E-state index in [1.54, 1.807) is 0 Å². The summed E-state index contributed by atoms with van der Waals surface area (Å²) in [5.74, 6) is 0. The van der Waals surface area contributed by atoms with E-state index >= 15 is 0 Å². The molecule has 3 aromatic carbocycles. The van der Waals surface area contributed by atoms with E-state index in [9.17, 15) is 18.6 Å². The molecule has 1 unspecified atom stereocenters. The van der Waals surface area contributed by atoms with Crippen molar-refractivity contribution < 1.29 is 23.5 Å². The van der Waals surface area contributed by atoms with Crippen LogP contribution in [0.15, 0.2) is 82.8 Å². The largest absolute Gasteiger partial charge is 0.396 e. The maximum atomic E-state index is 13.1. The van der Waals surface area contributed by atoms with Crippen molar-refractivity contribution in [2.45, 2.75) is 17.4 Å². The molecular formula is C25H25ClN2O5S. The number of fused-ring (bicyclic) bond motifs is 3. The average molecular weight is 501 g/mol. The van der Waals surface area contributed by atoms with Crippen LogP contribution in [-0.4, -0.2) is 61.1 Å². The maximum absolute atomic E-state index is 13.1. The number of sulfonamides is 1. The van der Waals surface area contributed by atoms with E-state index in [1.807, 2.05) is 48.5 Å². The van der Waals surface area contributed by atoms with Gasteiger partial charge in [0.15, 0.2) is 0 Å². The van der Waals surface area contributed by atoms with Gasteiger partial charge in [-0.2, -0.15) is 4.31 Å². The molecule has 178 valence electrons. The maximum Gasteiger partial charge on any atom is 0.243 e. The fraction of sp³-hybridized carbons (Fsp3) is 0.240. The summed E-state index contributed by atoms with van der Waals surface area (Å²) in [5, 5.41) is 24.5. The third-order valence-electron chi connectivity index (χ3n) is 5.51. The van der Waals surface area contributed by atoms with Gasteiger partial charge in [0.1, 0.15) is 18.4 Å². The summed E-state index contributed by atoms with van der Waals surface area (Å²) < 4.78 is 27.3. The van der Waals surface area contributed by atoms with Crippen LogP contribution in [0.5, 0.6) is 0 Å². The average Bonchev–Trinajstić information content (AvgIpc) is 3.16. The first-order chi connectivity index (χ1) is 16.4. The summed E-state index contributed by atoms with van der Waals surface area (Å²) in [7, 11) is -3.89. The van der Waals surface area contributed by atoms with E-state index in [2.05, 4.69) is 5.16 Å². The first-order valence-corrected chi connectivity index (χ1v) is 12.7. The lowest BCUT2D eigenvalue weighted by atomic mass is 10.1. The molecule has 0 radical (unpaired) electrons. The number of aliphatic hydroxyl groups excluding tert-OH is 2. The smallest absolute Gasteiger partial charge is 0.243 e. The van der Waals surface area contributed by atoms with Crippen molar-refractivity contribution in [1.29, 1.82) is 0 Å². The predicted octanol–water partition coefficient (Wildman–Crippen LogP) is 3.52. The van der Waals surface area contributed by atoms with Crippen LogP contribution in [0.25, 0.3) is 11.1 Å². The Morgan fingerprint density at radius 2 is 1.47 bits per heavy atom. The Balaban J connectivity index is 1.47. The monoisotopic (exact) mass is 500 g/mol. The third-order valence-corrected chi connectivity index (χ3v) is 7.64. The van der Waals surface area contributed by atoms with Crippen LogP contribution in [0.3, 0.4) is 0 Å². The Kier molecular flexibility index (Phi) is 7.65. The van der Waals surface area contributed by atoms with Crippen molar-refractivity contribution in [3.63, 3.8) is 0 Å². The highest BCUT2D eigenvalue weighted by atomic mass is 35.5. The Labute approximate surface area is 203 Å². The molecule has 0 amide bonds. The molecule has 7 nitrogen and oxygen atoms in total. The predicted molar refractivity (Wildman–Crippen MR) is 131 cm³/mol. The van der Waals surface area contributed by atoms with Gasteiger partial charge in [-0.3, -0.25) is 0 Å². The number of halogens is 1. The van der Waals surface area contributed by atoms with Crippen LogP contribution in [0, 0.1) is 0 Å². The number of rotatable bonds is 10. The summed E-state index contributed by atoms with van der Waals surface area (Å²) >= 11 is 5.87. The van der Waals surface area contributed by atoms with Crippen LogP contribution in [-0.2, 0) is 14.9 Å². The van der Waals surface area contributed by atoms with Crippen LogP contribution in [0.2, 0.25) is 5.02 Å². The quantitative estimate of drug-likeness (QED) is 0.324. The summed E-state index contributed by atoms with van der Waals surface area (Å²) in [6.07, 6.45) is -0.895. The molecular weight excluding hydrogens is 476 g/mol. The lowest BCUT2D eigenvalue weighted by Gasteiger charge is -2.24. The van der Waals surface area contributed by atoms with E-state index in [1.165, 1.54) is 24.3 Å². The van der Waals surface area contributed by atoms with Gasteiger partial charge < -0.3 is 15.1 Å². The van der Waals surface area contributed by atoms with Gasteiger partial charge in [0.25, 0.3) is 0 Å². The van der Waals surface area contributed by atoms with Gasteiger partial charge in [-0.25, -0.2) is 8.42 Å². The summed E-state index contributed by atoms with van der Waals surface area (Å²) in [4.78, 5) is 5.54. The van der Waals surface area contributed by atoms with Gasteiger partial charge in [0.2, 0.25) is 10.0 Å². The number of aliphatic hydroxyl groups is 2. The van der Waals surface area contributed by atoms with E-state index in [0.717, 1.165) is 26.6 Å². The van der Waals surface area contributed by atoms with Crippen molar-refractivity contribution in [2.24, 2.45) is 5.16 Å². The van der Waals surface area contributed by atoms with Crippen LogP contribution >= 0.6 is 11.6 Å². The zero-order valence-corrected chi connectivity index (χ0v) is 19.9. The molecule has 2 N–H and O–H groups in total. The fourth-order valence-electron chi connectivity index (χ4n) is 3.88. The van der Waals surface area contributed by atoms with Crippen molar-refractivity contribution in [3.8, 4) is 11.1 Å². The van der Waals surface area contributed by atoms with E-state index in [4.69, 9.17) is 16.4 Å². The van der Waals surface area contributed by atoms with Gasteiger partial charge in [-0.05, 0) is 41.8 Å². The van der Waals surface area contributed by atoms with Gasteiger partial charge in [0.05, 0.1) is 4.90 Å². The molecule has 0 aliphatic heterocycles. The highest BCUT2D eigenvalue weighted by molar-refractivity contribution is 7.89. The summed E-state index contributed by atoms with van der Waals surface area (Å²) in [6, 6.07) is 21.5. The Bertz CT molecular complexity index is 1230. The molecule has 4 rings (SSSR count). The van der Waals surface area contributed by atoms with Crippen molar-refractivity contribution in [3.05, 3.63) is 88.9 Å². The number of hydrogen-bond acceptors (Lipinski definition) is 6. The van der Waals surface area contributed by atoms with Gasteiger partial charge in [-0.15, -0.1) is 0 Å². The van der Waals surface area contributed by atoms with Crippen molar-refractivity contribution in [2.75, 3.05) is 26.3 Å². The molecule has 0 bridgehead atoms. The van der Waals surface area contributed by atoms with Crippen LogP contribution in [0.4, 0.5) is 0 Å². The Morgan fingerprint density at radius 1 is 0.912 bits per heavy atom. The zero-order chi connectivity index (χ0) is 24.1. The number of oxime groups is 1. The normalized spacial score (nSPS) is 13.5. The van der Waals surface area contributed by atoms with Gasteiger partial charge in [-0.1, -0.05) is 65.3 Å². The number of nitrogens with zero attached hydrogens (tertiary/aromatic N) is 2. The second-order valence-electron chi connectivity index (χ2n) is 7.87. The molecule has 34 heavy (non-hydrogen) atoms. The standard InChI is InChI=1S/C25H25ClN2O5S/c26-18-10-12-20(13-11-18)34(31,32)28(14-5-15-29)16-19(30)17-33-27-25-23-8-3-1-6-21(23)22-7-2-4-9-24(22)25/h1-4,6-13,19,29-30H,5,14-17H2. The first kappa shape index (κ1) is 24.4. The molecule has 1 aliphatic carbocycles. The zero-order valence-electron chi connectivity index (χ0n) is 18.3. The molecule has 9 heteroatoms. The molecule has 0 heterocycles. The molecule has 0 spiro atoms. The molecule has 0 saturated carbocycles.